The fourth-order valence-corrected chi connectivity index (χ4v) is 3.60. The van der Waals surface area contributed by atoms with Crippen LogP contribution in [0.1, 0.15) is 23.6 Å². The van der Waals surface area contributed by atoms with Gasteiger partial charge in [0.15, 0.2) is 0 Å². The molecule has 3 aromatic rings. The fourth-order valence-electron chi connectivity index (χ4n) is 3.60. The van der Waals surface area contributed by atoms with Crippen LogP contribution in [0.15, 0.2) is 72.4 Å². The first-order valence-electron chi connectivity index (χ1n) is 10.3. The van der Waals surface area contributed by atoms with E-state index in [2.05, 4.69) is 5.32 Å². The molecule has 3 aromatic carbocycles. The van der Waals surface area contributed by atoms with E-state index in [9.17, 15) is 14.0 Å². The number of imide groups is 1. The second-order valence-corrected chi connectivity index (χ2v) is 7.56. The van der Waals surface area contributed by atoms with Crippen LogP contribution in [-0.4, -0.2) is 18.4 Å². The van der Waals surface area contributed by atoms with Crippen molar-refractivity contribution >= 4 is 28.8 Å². The summed E-state index contributed by atoms with van der Waals surface area (Å²) >= 11 is 0. The maximum absolute atomic E-state index is 13.5. The number of ether oxygens (including phenoxy) is 1. The number of benzene rings is 3. The summed E-state index contributed by atoms with van der Waals surface area (Å²) < 4.78 is 18.9. The van der Waals surface area contributed by atoms with Crippen LogP contribution in [0.4, 0.5) is 15.8 Å². The summed E-state index contributed by atoms with van der Waals surface area (Å²) in [5.74, 6) is -0.738. The third kappa shape index (κ3) is 3.99. The van der Waals surface area contributed by atoms with Gasteiger partial charge in [0.2, 0.25) is 0 Å². The molecule has 32 heavy (non-hydrogen) atoms. The Bertz CT molecular complexity index is 1230. The van der Waals surface area contributed by atoms with Gasteiger partial charge in [-0.3, -0.25) is 9.59 Å². The molecule has 0 aromatic heterocycles. The molecule has 0 atom stereocenters. The Balaban J connectivity index is 1.81. The van der Waals surface area contributed by atoms with Gasteiger partial charge in [0.1, 0.15) is 17.3 Å². The number of amides is 2. The van der Waals surface area contributed by atoms with Crippen molar-refractivity contribution in [2.45, 2.75) is 20.8 Å². The van der Waals surface area contributed by atoms with Gasteiger partial charge in [0.25, 0.3) is 11.8 Å². The van der Waals surface area contributed by atoms with Crippen molar-refractivity contribution in [1.29, 1.82) is 0 Å². The minimum Gasteiger partial charge on any atom is -0.494 e. The molecule has 6 heteroatoms. The van der Waals surface area contributed by atoms with E-state index in [1.165, 1.54) is 24.3 Å². The van der Waals surface area contributed by atoms with Crippen LogP contribution in [0, 0.1) is 19.7 Å². The van der Waals surface area contributed by atoms with Gasteiger partial charge in [0, 0.05) is 11.8 Å². The zero-order valence-electron chi connectivity index (χ0n) is 18.1. The zero-order chi connectivity index (χ0) is 22.8. The van der Waals surface area contributed by atoms with Crippen LogP contribution >= 0.6 is 0 Å². The van der Waals surface area contributed by atoms with Crippen molar-refractivity contribution in [1.82, 2.24) is 0 Å². The van der Waals surface area contributed by atoms with Crippen molar-refractivity contribution in [3.05, 3.63) is 94.9 Å². The van der Waals surface area contributed by atoms with Gasteiger partial charge in [-0.2, -0.15) is 0 Å². The summed E-state index contributed by atoms with van der Waals surface area (Å²) in [5, 5.41) is 3.04. The summed E-state index contributed by atoms with van der Waals surface area (Å²) in [6, 6.07) is 18.1. The highest BCUT2D eigenvalue weighted by Crippen LogP contribution is 2.35. The topological polar surface area (TPSA) is 58.6 Å². The molecule has 0 bridgehead atoms. The molecule has 1 aliphatic rings. The van der Waals surface area contributed by atoms with Gasteiger partial charge >= 0.3 is 0 Å². The highest BCUT2D eigenvalue weighted by Gasteiger charge is 2.40. The lowest BCUT2D eigenvalue weighted by Crippen LogP contribution is -2.32. The second kappa shape index (κ2) is 8.67. The van der Waals surface area contributed by atoms with Gasteiger partial charge in [-0.25, -0.2) is 9.29 Å². The molecule has 0 fully saturated rings. The predicted octanol–water partition coefficient (Wildman–Crippen LogP) is 5.24. The number of nitrogens with zero attached hydrogens (tertiary/aromatic N) is 1. The molecule has 0 unspecified atom stereocenters. The van der Waals surface area contributed by atoms with E-state index in [0.717, 1.165) is 16.0 Å². The lowest BCUT2D eigenvalue weighted by Gasteiger charge is -2.16. The number of carbonyl (C=O) groups is 2. The number of aryl methyl sites for hydroxylation is 2. The maximum atomic E-state index is 13.5. The van der Waals surface area contributed by atoms with Crippen LogP contribution < -0.4 is 15.0 Å². The lowest BCUT2D eigenvalue weighted by atomic mass is 9.99. The summed E-state index contributed by atoms with van der Waals surface area (Å²) in [6.45, 7) is 6.27. The van der Waals surface area contributed by atoms with E-state index < -0.39 is 11.8 Å². The molecule has 0 aliphatic carbocycles. The second-order valence-electron chi connectivity index (χ2n) is 7.56. The van der Waals surface area contributed by atoms with E-state index in [-0.39, 0.29) is 17.1 Å². The number of halogens is 1. The Hall–Kier alpha value is -3.93. The zero-order valence-corrected chi connectivity index (χ0v) is 18.1. The molecule has 0 spiro atoms. The van der Waals surface area contributed by atoms with Crippen LogP contribution in [0.2, 0.25) is 0 Å². The first-order chi connectivity index (χ1) is 15.4. The molecule has 1 N–H and O–H groups in total. The Morgan fingerprint density at radius 1 is 0.906 bits per heavy atom. The van der Waals surface area contributed by atoms with Crippen molar-refractivity contribution in [3.8, 4) is 5.75 Å². The third-order valence-corrected chi connectivity index (χ3v) is 5.38. The maximum Gasteiger partial charge on any atom is 0.282 e. The number of anilines is 2. The molecule has 0 saturated carbocycles. The number of nitrogens with one attached hydrogen (secondary N) is 1. The molecular formula is C26H23FN2O3. The predicted molar refractivity (Wildman–Crippen MR) is 123 cm³/mol. The van der Waals surface area contributed by atoms with E-state index in [4.69, 9.17) is 4.74 Å². The van der Waals surface area contributed by atoms with Crippen LogP contribution in [0.3, 0.4) is 0 Å². The molecule has 0 saturated heterocycles. The Morgan fingerprint density at radius 2 is 1.66 bits per heavy atom. The van der Waals surface area contributed by atoms with Gasteiger partial charge in [-0.15, -0.1) is 0 Å². The number of rotatable bonds is 6. The van der Waals surface area contributed by atoms with Crippen molar-refractivity contribution in [2.24, 2.45) is 0 Å². The van der Waals surface area contributed by atoms with Crippen molar-refractivity contribution in [3.63, 3.8) is 0 Å². The Kier molecular flexibility index (Phi) is 5.77. The van der Waals surface area contributed by atoms with E-state index in [0.29, 0.717) is 29.3 Å². The number of carbonyl (C=O) groups excluding carboxylic acids is 2. The van der Waals surface area contributed by atoms with Crippen molar-refractivity contribution in [2.75, 3.05) is 16.8 Å². The van der Waals surface area contributed by atoms with E-state index in [1.54, 1.807) is 24.3 Å². The molecule has 162 valence electrons. The standard InChI is InChI=1S/C26H23FN2O3/c1-4-32-22-7-5-6-21(15-22)29-25(30)23(18-9-8-16(2)17(3)14-18)24(26(29)31)28-20-12-10-19(27)11-13-20/h5-15,28H,4H2,1-3H3. The first kappa shape index (κ1) is 21.3. The SMILES string of the molecule is CCOc1cccc(N2C(=O)C(Nc3ccc(F)cc3)=C(c3ccc(C)c(C)c3)C2=O)c1. The van der Waals surface area contributed by atoms with Gasteiger partial charge in [-0.05, 0) is 73.9 Å². The van der Waals surface area contributed by atoms with Crippen LogP contribution in [-0.2, 0) is 9.59 Å². The smallest absolute Gasteiger partial charge is 0.282 e. The molecule has 1 aliphatic heterocycles. The fraction of sp³-hybridized carbons (Fsp3) is 0.154. The summed E-state index contributed by atoms with van der Waals surface area (Å²) in [7, 11) is 0. The largest absolute Gasteiger partial charge is 0.494 e. The number of hydrogen-bond donors (Lipinski definition) is 1. The Labute approximate surface area is 186 Å². The highest BCUT2D eigenvalue weighted by atomic mass is 19.1. The van der Waals surface area contributed by atoms with Crippen LogP contribution in [0.5, 0.6) is 5.75 Å². The summed E-state index contributed by atoms with van der Waals surface area (Å²) in [6.07, 6.45) is 0. The molecule has 1 heterocycles. The third-order valence-electron chi connectivity index (χ3n) is 5.38. The van der Waals surface area contributed by atoms with Gasteiger partial charge in [0.05, 0.1) is 17.9 Å². The molecule has 4 rings (SSSR count). The summed E-state index contributed by atoms with van der Waals surface area (Å²) in [4.78, 5) is 28.1. The van der Waals surface area contributed by atoms with E-state index in [1.807, 2.05) is 39.0 Å². The molecular weight excluding hydrogens is 407 g/mol. The van der Waals surface area contributed by atoms with Crippen molar-refractivity contribution < 1.29 is 18.7 Å². The Morgan fingerprint density at radius 3 is 2.34 bits per heavy atom. The average molecular weight is 430 g/mol. The summed E-state index contributed by atoms with van der Waals surface area (Å²) in [5.41, 5.74) is 4.07. The minimum atomic E-state index is -0.485. The quantitative estimate of drug-likeness (QED) is 0.544. The molecule has 2 amide bonds. The molecule has 5 nitrogen and oxygen atoms in total. The monoisotopic (exact) mass is 430 g/mol. The van der Waals surface area contributed by atoms with Gasteiger partial charge < -0.3 is 10.1 Å². The minimum absolute atomic E-state index is 0.145. The lowest BCUT2D eigenvalue weighted by molar-refractivity contribution is -0.120. The average Bonchev–Trinajstić information content (AvgIpc) is 3.01. The molecule has 0 radical (unpaired) electrons. The van der Waals surface area contributed by atoms with Crippen LogP contribution in [0.25, 0.3) is 5.57 Å². The normalized spacial score (nSPS) is 13.7. The first-order valence-corrected chi connectivity index (χ1v) is 10.3. The highest BCUT2D eigenvalue weighted by molar-refractivity contribution is 6.46. The number of hydrogen-bond acceptors (Lipinski definition) is 4. The van der Waals surface area contributed by atoms with Gasteiger partial charge in [-0.1, -0.05) is 24.3 Å². The van der Waals surface area contributed by atoms with E-state index >= 15 is 0 Å².